The summed E-state index contributed by atoms with van der Waals surface area (Å²) in [5.41, 5.74) is 0. The summed E-state index contributed by atoms with van der Waals surface area (Å²) in [5, 5.41) is 11.5. The number of unbranched alkanes of at least 4 members (excludes halogenated alkanes) is 6. The van der Waals surface area contributed by atoms with Crippen LogP contribution in [0, 0.1) is 0 Å². The molecule has 4 nitrogen and oxygen atoms in total. The van der Waals surface area contributed by atoms with Crippen LogP contribution in [0.1, 0.15) is 51.4 Å². The highest BCUT2D eigenvalue weighted by Gasteiger charge is 1.95. The van der Waals surface area contributed by atoms with Gasteiger partial charge in [-0.15, -0.1) is 6.58 Å². The van der Waals surface area contributed by atoms with Crippen molar-refractivity contribution in [1.82, 2.24) is 5.32 Å². The van der Waals surface area contributed by atoms with Gasteiger partial charge in [-0.2, -0.15) is 0 Å². The molecule has 0 radical (unpaired) electrons. The maximum atomic E-state index is 10.2. The SMILES string of the molecule is C1COCCN1.C=CCCCCCCCCC(=O)O. The molecule has 1 heterocycles. The quantitative estimate of drug-likeness (QED) is 0.500. The first kappa shape index (κ1) is 18.1. The highest BCUT2D eigenvalue weighted by molar-refractivity contribution is 5.66. The van der Waals surface area contributed by atoms with Gasteiger partial charge in [-0.25, -0.2) is 0 Å². The molecule has 0 aromatic rings. The van der Waals surface area contributed by atoms with Gasteiger partial charge < -0.3 is 15.2 Å². The van der Waals surface area contributed by atoms with E-state index in [-0.39, 0.29) is 0 Å². The number of allylic oxidation sites excluding steroid dienone is 1. The molecule has 1 fully saturated rings. The Morgan fingerprint density at radius 2 is 1.68 bits per heavy atom. The van der Waals surface area contributed by atoms with Crippen molar-refractivity contribution in [1.29, 1.82) is 0 Å². The van der Waals surface area contributed by atoms with Crippen LogP contribution in [0.3, 0.4) is 0 Å². The average molecular weight is 271 g/mol. The Morgan fingerprint density at radius 3 is 2.11 bits per heavy atom. The normalized spacial score (nSPS) is 14.3. The van der Waals surface area contributed by atoms with E-state index in [2.05, 4.69) is 11.9 Å². The van der Waals surface area contributed by atoms with Crippen LogP contribution in [0.25, 0.3) is 0 Å². The molecule has 1 rings (SSSR count). The number of rotatable bonds is 9. The van der Waals surface area contributed by atoms with E-state index < -0.39 is 5.97 Å². The predicted octanol–water partition coefficient (Wildman–Crippen LogP) is 2.98. The molecule has 0 spiro atoms. The number of carboxylic acid groups (broad SMARTS) is 1. The number of ether oxygens (including phenoxy) is 1. The zero-order valence-electron chi connectivity index (χ0n) is 12.0. The van der Waals surface area contributed by atoms with Crippen molar-refractivity contribution >= 4 is 5.97 Å². The lowest BCUT2D eigenvalue weighted by molar-refractivity contribution is -0.137. The van der Waals surface area contributed by atoms with Crippen molar-refractivity contribution < 1.29 is 14.6 Å². The zero-order chi connectivity index (χ0) is 14.2. The van der Waals surface area contributed by atoms with Crippen molar-refractivity contribution in [3.8, 4) is 0 Å². The molecule has 1 aliphatic heterocycles. The second-order valence-electron chi connectivity index (χ2n) is 4.70. The molecule has 2 N–H and O–H groups in total. The lowest BCUT2D eigenvalue weighted by Crippen LogP contribution is -2.30. The van der Waals surface area contributed by atoms with Crippen molar-refractivity contribution in [3.63, 3.8) is 0 Å². The average Bonchev–Trinajstić information content (AvgIpc) is 2.44. The molecule has 0 unspecified atom stereocenters. The summed E-state index contributed by atoms with van der Waals surface area (Å²) < 4.78 is 5.01. The van der Waals surface area contributed by atoms with Gasteiger partial charge >= 0.3 is 5.97 Å². The third kappa shape index (κ3) is 17.1. The second kappa shape index (κ2) is 15.2. The third-order valence-corrected chi connectivity index (χ3v) is 2.90. The standard InChI is InChI=1S/C11H20O2.C4H9NO/c1-2-3-4-5-6-7-8-9-10-11(12)13;1-3-6-4-2-5-1/h2H,1,3-10H2,(H,12,13);5H,1-4H2. The van der Waals surface area contributed by atoms with E-state index in [1.165, 1.54) is 25.7 Å². The van der Waals surface area contributed by atoms with Gasteiger partial charge in [0, 0.05) is 19.5 Å². The maximum Gasteiger partial charge on any atom is 0.303 e. The number of carboxylic acids is 1. The first-order chi connectivity index (χ1) is 9.27. The highest BCUT2D eigenvalue weighted by atomic mass is 16.5. The monoisotopic (exact) mass is 271 g/mol. The van der Waals surface area contributed by atoms with Gasteiger partial charge in [-0.1, -0.05) is 31.8 Å². The van der Waals surface area contributed by atoms with E-state index >= 15 is 0 Å². The Hall–Kier alpha value is -0.870. The molecular weight excluding hydrogens is 242 g/mol. The minimum absolute atomic E-state index is 0.326. The fraction of sp³-hybridized carbons (Fsp3) is 0.800. The Morgan fingerprint density at radius 1 is 1.11 bits per heavy atom. The molecule has 1 aliphatic rings. The first-order valence-electron chi connectivity index (χ1n) is 7.38. The molecule has 0 aromatic heterocycles. The fourth-order valence-electron chi connectivity index (χ4n) is 1.79. The van der Waals surface area contributed by atoms with Crippen molar-refractivity contribution in [2.75, 3.05) is 26.3 Å². The Balaban J connectivity index is 0.000000443. The van der Waals surface area contributed by atoms with E-state index in [1.54, 1.807) is 0 Å². The number of aliphatic carboxylic acids is 1. The number of morpholine rings is 1. The molecule has 0 bridgehead atoms. The molecule has 0 aromatic carbocycles. The van der Waals surface area contributed by atoms with E-state index in [4.69, 9.17) is 9.84 Å². The van der Waals surface area contributed by atoms with Gasteiger partial charge in [0.1, 0.15) is 0 Å². The molecule has 0 amide bonds. The van der Waals surface area contributed by atoms with E-state index in [0.717, 1.165) is 45.6 Å². The Labute approximate surface area is 117 Å². The summed E-state index contributed by atoms with van der Waals surface area (Å²) in [6.07, 6.45) is 10.1. The Kier molecular flexibility index (Phi) is 14.5. The topological polar surface area (TPSA) is 58.6 Å². The number of carbonyl (C=O) groups is 1. The van der Waals surface area contributed by atoms with Crippen molar-refractivity contribution in [3.05, 3.63) is 12.7 Å². The van der Waals surface area contributed by atoms with Crippen molar-refractivity contribution in [2.45, 2.75) is 51.4 Å². The third-order valence-electron chi connectivity index (χ3n) is 2.90. The van der Waals surface area contributed by atoms with Crippen LogP contribution in [-0.4, -0.2) is 37.4 Å². The molecule has 1 saturated heterocycles. The van der Waals surface area contributed by atoms with Crippen LogP contribution in [0.5, 0.6) is 0 Å². The van der Waals surface area contributed by atoms with E-state index in [9.17, 15) is 4.79 Å². The van der Waals surface area contributed by atoms with Crippen LogP contribution >= 0.6 is 0 Å². The van der Waals surface area contributed by atoms with Gasteiger partial charge in [0.05, 0.1) is 13.2 Å². The molecule has 19 heavy (non-hydrogen) atoms. The lowest BCUT2D eigenvalue weighted by atomic mass is 10.1. The van der Waals surface area contributed by atoms with E-state index in [0.29, 0.717) is 6.42 Å². The summed E-state index contributed by atoms with van der Waals surface area (Å²) in [7, 11) is 0. The van der Waals surface area contributed by atoms with E-state index in [1.807, 2.05) is 6.08 Å². The van der Waals surface area contributed by atoms with Crippen LogP contribution in [0.15, 0.2) is 12.7 Å². The predicted molar refractivity (Wildman–Crippen MR) is 78.5 cm³/mol. The summed E-state index contributed by atoms with van der Waals surface area (Å²) in [6, 6.07) is 0. The maximum absolute atomic E-state index is 10.2. The van der Waals surface area contributed by atoms with Crippen molar-refractivity contribution in [2.24, 2.45) is 0 Å². The summed E-state index contributed by atoms with van der Waals surface area (Å²) >= 11 is 0. The molecule has 4 heteroatoms. The molecular formula is C15H29NO3. The largest absolute Gasteiger partial charge is 0.481 e. The molecule has 0 aliphatic carbocycles. The van der Waals surface area contributed by atoms with Gasteiger partial charge in [-0.05, 0) is 19.3 Å². The highest BCUT2D eigenvalue weighted by Crippen LogP contribution is 2.08. The lowest BCUT2D eigenvalue weighted by Gasteiger charge is -2.10. The minimum Gasteiger partial charge on any atom is -0.481 e. The first-order valence-corrected chi connectivity index (χ1v) is 7.38. The number of hydrogen-bond donors (Lipinski definition) is 2. The summed E-state index contributed by atoms with van der Waals surface area (Å²) in [5.74, 6) is -0.674. The molecule has 0 atom stereocenters. The number of hydrogen-bond acceptors (Lipinski definition) is 3. The van der Waals surface area contributed by atoms with Crippen LogP contribution in [0.2, 0.25) is 0 Å². The zero-order valence-corrected chi connectivity index (χ0v) is 12.0. The summed E-state index contributed by atoms with van der Waals surface area (Å²) in [6.45, 7) is 7.50. The fourth-order valence-corrected chi connectivity index (χ4v) is 1.79. The molecule has 112 valence electrons. The van der Waals surface area contributed by atoms with Crippen LogP contribution < -0.4 is 5.32 Å². The number of nitrogens with one attached hydrogen (secondary N) is 1. The van der Waals surface area contributed by atoms with Gasteiger partial charge in [0.2, 0.25) is 0 Å². The minimum atomic E-state index is -0.674. The summed E-state index contributed by atoms with van der Waals surface area (Å²) in [4.78, 5) is 10.2. The second-order valence-corrected chi connectivity index (χ2v) is 4.70. The van der Waals surface area contributed by atoms with Gasteiger partial charge in [0.15, 0.2) is 0 Å². The van der Waals surface area contributed by atoms with Crippen LogP contribution in [0.4, 0.5) is 0 Å². The Bertz CT molecular complexity index is 204. The smallest absolute Gasteiger partial charge is 0.303 e. The van der Waals surface area contributed by atoms with Gasteiger partial charge in [-0.3, -0.25) is 4.79 Å². The van der Waals surface area contributed by atoms with Gasteiger partial charge in [0.25, 0.3) is 0 Å². The molecule has 0 saturated carbocycles. The van der Waals surface area contributed by atoms with Crippen LogP contribution in [-0.2, 0) is 9.53 Å².